The molecule has 0 radical (unpaired) electrons. The first-order chi connectivity index (χ1) is 10.2. The molecule has 0 saturated carbocycles. The molecule has 0 amide bonds. The summed E-state index contributed by atoms with van der Waals surface area (Å²) in [4.78, 5) is 4.14. The molecular formula is C18H23N3. The number of nitrogens with one attached hydrogen (secondary N) is 1. The summed E-state index contributed by atoms with van der Waals surface area (Å²) in [5, 5.41) is 3.64. The molecule has 3 nitrogen and oxygen atoms in total. The molecule has 3 rings (SSSR count). The molecule has 1 aromatic carbocycles. The fourth-order valence-electron chi connectivity index (χ4n) is 3.35. The lowest BCUT2D eigenvalue weighted by Crippen LogP contribution is -2.20. The van der Waals surface area contributed by atoms with E-state index in [1.165, 1.54) is 24.1 Å². The summed E-state index contributed by atoms with van der Waals surface area (Å²) in [5.74, 6) is 1.43. The molecule has 1 aliphatic rings. The molecular weight excluding hydrogens is 258 g/mol. The number of aromatic nitrogens is 2. The smallest absolute Gasteiger partial charge is 0.0992 e. The van der Waals surface area contributed by atoms with E-state index < -0.39 is 0 Å². The molecule has 2 unspecified atom stereocenters. The van der Waals surface area contributed by atoms with Gasteiger partial charge in [0.25, 0.3) is 0 Å². The van der Waals surface area contributed by atoms with Gasteiger partial charge in [0.15, 0.2) is 0 Å². The number of imidazole rings is 1. The van der Waals surface area contributed by atoms with Gasteiger partial charge in [-0.15, -0.1) is 0 Å². The predicted octanol–water partition coefficient (Wildman–Crippen LogP) is 4.28. The van der Waals surface area contributed by atoms with Crippen molar-refractivity contribution in [3.05, 3.63) is 54.6 Å². The SMILES string of the molecule is CC1=CC(C)CC(CNc2ccccc2-n2ccnc2)C1. The van der Waals surface area contributed by atoms with E-state index in [1.807, 2.05) is 18.7 Å². The third-order valence-corrected chi connectivity index (χ3v) is 4.15. The molecule has 21 heavy (non-hydrogen) atoms. The zero-order valence-corrected chi connectivity index (χ0v) is 12.8. The summed E-state index contributed by atoms with van der Waals surface area (Å²) in [7, 11) is 0. The molecule has 1 aliphatic carbocycles. The molecule has 110 valence electrons. The zero-order valence-electron chi connectivity index (χ0n) is 12.8. The summed E-state index contributed by atoms with van der Waals surface area (Å²) < 4.78 is 2.05. The van der Waals surface area contributed by atoms with Gasteiger partial charge in [-0.2, -0.15) is 0 Å². The van der Waals surface area contributed by atoms with E-state index in [-0.39, 0.29) is 0 Å². The Balaban J connectivity index is 1.70. The first kappa shape index (κ1) is 13.9. The van der Waals surface area contributed by atoms with Crippen LogP contribution >= 0.6 is 0 Å². The van der Waals surface area contributed by atoms with Crippen molar-refractivity contribution in [1.82, 2.24) is 9.55 Å². The standard InChI is InChI=1S/C18H23N3/c1-14-9-15(2)11-16(10-14)12-20-17-5-3-4-6-18(17)21-8-7-19-13-21/h3-9,13-14,16,20H,10-12H2,1-2H3. The van der Waals surface area contributed by atoms with Crippen molar-refractivity contribution in [2.24, 2.45) is 11.8 Å². The maximum atomic E-state index is 4.14. The Morgan fingerprint density at radius 1 is 1.33 bits per heavy atom. The second-order valence-electron chi connectivity index (χ2n) is 6.16. The van der Waals surface area contributed by atoms with Crippen LogP contribution in [0.15, 0.2) is 54.6 Å². The average Bonchev–Trinajstić information content (AvgIpc) is 2.98. The molecule has 2 aromatic rings. The van der Waals surface area contributed by atoms with Crippen molar-refractivity contribution >= 4 is 5.69 Å². The van der Waals surface area contributed by atoms with E-state index >= 15 is 0 Å². The lowest BCUT2D eigenvalue weighted by Gasteiger charge is -2.26. The second-order valence-corrected chi connectivity index (χ2v) is 6.16. The van der Waals surface area contributed by atoms with Crippen LogP contribution in [-0.2, 0) is 0 Å². The van der Waals surface area contributed by atoms with E-state index in [9.17, 15) is 0 Å². The highest BCUT2D eigenvalue weighted by Crippen LogP contribution is 2.28. The molecule has 1 N–H and O–H groups in total. The van der Waals surface area contributed by atoms with Crippen LogP contribution in [0.4, 0.5) is 5.69 Å². The van der Waals surface area contributed by atoms with Gasteiger partial charge in [-0.25, -0.2) is 4.98 Å². The molecule has 2 atom stereocenters. The summed E-state index contributed by atoms with van der Waals surface area (Å²) in [5.41, 5.74) is 3.87. The van der Waals surface area contributed by atoms with Crippen molar-refractivity contribution in [2.75, 3.05) is 11.9 Å². The molecule has 0 saturated heterocycles. The molecule has 0 aliphatic heterocycles. The lowest BCUT2D eigenvalue weighted by molar-refractivity contribution is 0.421. The Morgan fingerprint density at radius 3 is 2.95 bits per heavy atom. The van der Waals surface area contributed by atoms with Gasteiger partial charge in [0.05, 0.1) is 17.7 Å². The fourth-order valence-corrected chi connectivity index (χ4v) is 3.35. The number of nitrogens with zero attached hydrogens (tertiary/aromatic N) is 2. The fraction of sp³-hybridized carbons (Fsp3) is 0.389. The van der Waals surface area contributed by atoms with Crippen LogP contribution in [0.25, 0.3) is 5.69 Å². The maximum Gasteiger partial charge on any atom is 0.0992 e. The van der Waals surface area contributed by atoms with Gasteiger partial charge in [0.1, 0.15) is 0 Å². The zero-order chi connectivity index (χ0) is 14.7. The van der Waals surface area contributed by atoms with Gasteiger partial charge in [-0.05, 0) is 43.7 Å². The van der Waals surface area contributed by atoms with E-state index in [2.05, 4.69) is 59.1 Å². The van der Waals surface area contributed by atoms with Crippen LogP contribution < -0.4 is 5.32 Å². The van der Waals surface area contributed by atoms with Crippen LogP contribution in [0.2, 0.25) is 0 Å². The monoisotopic (exact) mass is 281 g/mol. The first-order valence-electron chi connectivity index (χ1n) is 7.71. The summed E-state index contributed by atoms with van der Waals surface area (Å²) in [6, 6.07) is 8.41. The Bertz CT molecular complexity index is 613. The van der Waals surface area contributed by atoms with Gasteiger partial charge in [-0.3, -0.25) is 0 Å². The lowest BCUT2D eigenvalue weighted by atomic mass is 9.84. The van der Waals surface area contributed by atoms with Gasteiger partial charge < -0.3 is 9.88 Å². The topological polar surface area (TPSA) is 29.9 Å². The van der Waals surface area contributed by atoms with Gasteiger partial charge in [0, 0.05) is 18.9 Å². The van der Waals surface area contributed by atoms with Crippen LogP contribution in [0, 0.1) is 11.8 Å². The number of anilines is 1. The van der Waals surface area contributed by atoms with Crippen LogP contribution in [0.1, 0.15) is 26.7 Å². The molecule has 0 fully saturated rings. The second kappa shape index (κ2) is 6.17. The molecule has 3 heteroatoms. The minimum Gasteiger partial charge on any atom is -0.383 e. The highest BCUT2D eigenvalue weighted by atomic mass is 15.1. The number of hydrogen-bond donors (Lipinski definition) is 1. The third kappa shape index (κ3) is 3.35. The van der Waals surface area contributed by atoms with Crippen molar-refractivity contribution in [3.63, 3.8) is 0 Å². The Hall–Kier alpha value is -2.03. The van der Waals surface area contributed by atoms with E-state index in [0.717, 1.165) is 18.2 Å². The van der Waals surface area contributed by atoms with Crippen LogP contribution in [0.5, 0.6) is 0 Å². The molecule has 0 spiro atoms. The minimum atomic E-state index is 0.703. The number of rotatable bonds is 4. The van der Waals surface area contributed by atoms with Crippen molar-refractivity contribution in [2.45, 2.75) is 26.7 Å². The highest BCUT2D eigenvalue weighted by molar-refractivity contribution is 5.60. The number of hydrogen-bond acceptors (Lipinski definition) is 2. The molecule has 1 heterocycles. The Morgan fingerprint density at radius 2 is 2.19 bits per heavy atom. The number of para-hydroxylation sites is 2. The Kier molecular flexibility index (Phi) is 4.09. The van der Waals surface area contributed by atoms with E-state index in [1.54, 1.807) is 0 Å². The third-order valence-electron chi connectivity index (χ3n) is 4.15. The summed E-state index contributed by atoms with van der Waals surface area (Å²) in [6.45, 7) is 5.60. The highest BCUT2D eigenvalue weighted by Gasteiger charge is 2.18. The van der Waals surface area contributed by atoms with Crippen LogP contribution in [-0.4, -0.2) is 16.1 Å². The molecule has 0 bridgehead atoms. The predicted molar refractivity (Wildman–Crippen MR) is 87.7 cm³/mol. The number of benzene rings is 1. The minimum absolute atomic E-state index is 0.703. The maximum absolute atomic E-state index is 4.14. The largest absolute Gasteiger partial charge is 0.383 e. The molecule has 1 aromatic heterocycles. The number of allylic oxidation sites excluding steroid dienone is 2. The van der Waals surface area contributed by atoms with Crippen LogP contribution in [0.3, 0.4) is 0 Å². The summed E-state index contributed by atoms with van der Waals surface area (Å²) in [6.07, 6.45) is 10.5. The normalized spacial score (nSPS) is 21.9. The van der Waals surface area contributed by atoms with Crippen molar-refractivity contribution in [3.8, 4) is 5.69 Å². The quantitative estimate of drug-likeness (QED) is 0.848. The van der Waals surface area contributed by atoms with Gasteiger partial charge in [0.2, 0.25) is 0 Å². The average molecular weight is 281 g/mol. The Labute approximate surface area is 126 Å². The van der Waals surface area contributed by atoms with E-state index in [0.29, 0.717) is 5.92 Å². The first-order valence-corrected chi connectivity index (χ1v) is 7.71. The van der Waals surface area contributed by atoms with Crippen molar-refractivity contribution in [1.29, 1.82) is 0 Å². The van der Waals surface area contributed by atoms with E-state index in [4.69, 9.17) is 0 Å². The van der Waals surface area contributed by atoms with Gasteiger partial charge >= 0.3 is 0 Å². The van der Waals surface area contributed by atoms with Gasteiger partial charge in [-0.1, -0.05) is 30.7 Å². The summed E-state index contributed by atoms with van der Waals surface area (Å²) >= 11 is 0. The van der Waals surface area contributed by atoms with Crippen molar-refractivity contribution < 1.29 is 0 Å².